The van der Waals surface area contributed by atoms with Gasteiger partial charge in [0.1, 0.15) is 11.6 Å². The smallest absolute Gasteiger partial charge is 0.124 e. The number of nitrogens with zero attached hydrogens (tertiary/aromatic N) is 1. The quantitative estimate of drug-likeness (QED) is 0.739. The lowest BCUT2D eigenvalue weighted by molar-refractivity contribution is 0.297. The molecule has 128 valence electrons. The maximum absolute atomic E-state index is 5.94. The highest BCUT2D eigenvalue weighted by Gasteiger charge is 2.22. The first-order valence-corrected chi connectivity index (χ1v) is 8.77. The molecule has 0 atom stereocenters. The predicted molar refractivity (Wildman–Crippen MR) is 102 cm³/mol. The van der Waals surface area contributed by atoms with Gasteiger partial charge < -0.3 is 16.2 Å². The summed E-state index contributed by atoms with van der Waals surface area (Å²) in [7, 11) is 0. The number of aryl methyl sites for hydroxylation is 1. The second kappa shape index (κ2) is 6.37. The second-order valence-electron chi connectivity index (χ2n) is 6.88. The third-order valence-electron chi connectivity index (χ3n) is 4.82. The van der Waals surface area contributed by atoms with Gasteiger partial charge in [0.15, 0.2) is 0 Å². The van der Waals surface area contributed by atoms with Gasteiger partial charge in [0.25, 0.3) is 0 Å². The number of nitrogens with two attached hydrogens (primary N) is 2. The van der Waals surface area contributed by atoms with Gasteiger partial charge in [-0.1, -0.05) is 18.2 Å². The molecule has 1 heterocycles. The Bertz CT molecular complexity index is 932. The lowest BCUT2D eigenvalue weighted by atomic mass is 9.99. The first kappa shape index (κ1) is 15.9. The Kier molecular flexibility index (Phi) is 4.06. The molecule has 4 rings (SSSR count). The Hall–Kier alpha value is -2.59. The third kappa shape index (κ3) is 3.30. The van der Waals surface area contributed by atoms with Crippen LogP contribution in [0.3, 0.4) is 0 Å². The van der Waals surface area contributed by atoms with Crippen molar-refractivity contribution in [3.05, 3.63) is 53.6 Å². The first-order valence-electron chi connectivity index (χ1n) is 8.77. The summed E-state index contributed by atoms with van der Waals surface area (Å²) < 4.78 is 5.94. The van der Waals surface area contributed by atoms with Crippen LogP contribution in [0.2, 0.25) is 0 Å². The molecule has 4 N–H and O–H groups in total. The summed E-state index contributed by atoms with van der Waals surface area (Å²) in [5, 5.41) is 1.13. The highest BCUT2D eigenvalue weighted by atomic mass is 16.5. The van der Waals surface area contributed by atoms with Crippen molar-refractivity contribution in [3.63, 3.8) is 0 Å². The largest absolute Gasteiger partial charge is 0.493 e. The number of anilines is 1. The van der Waals surface area contributed by atoms with Crippen molar-refractivity contribution < 1.29 is 4.74 Å². The highest BCUT2D eigenvalue weighted by Crippen LogP contribution is 2.32. The van der Waals surface area contributed by atoms with E-state index in [-0.39, 0.29) is 0 Å². The maximum atomic E-state index is 5.94. The number of aromatic nitrogens is 1. The topological polar surface area (TPSA) is 74.2 Å². The van der Waals surface area contributed by atoms with E-state index in [1.807, 2.05) is 12.1 Å². The van der Waals surface area contributed by atoms with Crippen molar-refractivity contribution in [3.8, 4) is 16.9 Å². The molecule has 0 saturated heterocycles. The van der Waals surface area contributed by atoms with E-state index in [1.165, 1.54) is 12.8 Å². The van der Waals surface area contributed by atoms with Gasteiger partial charge in [-0.2, -0.15) is 0 Å². The second-order valence-corrected chi connectivity index (χ2v) is 6.88. The molecular formula is C21H23N3O. The highest BCUT2D eigenvalue weighted by molar-refractivity contribution is 5.88. The Labute approximate surface area is 147 Å². The average molecular weight is 333 g/mol. The molecule has 0 unspecified atom stereocenters. The van der Waals surface area contributed by atoms with Crippen LogP contribution in [0, 0.1) is 12.8 Å². The van der Waals surface area contributed by atoms with Gasteiger partial charge in [-0.15, -0.1) is 0 Å². The lowest BCUT2D eigenvalue weighted by Gasteiger charge is -2.13. The zero-order valence-corrected chi connectivity index (χ0v) is 14.5. The van der Waals surface area contributed by atoms with Crippen molar-refractivity contribution in [1.82, 2.24) is 4.98 Å². The fourth-order valence-electron chi connectivity index (χ4n) is 3.16. The molecule has 0 spiro atoms. The normalized spacial score (nSPS) is 14.0. The zero-order valence-electron chi connectivity index (χ0n) is 14.5. The van der Waals surface area contributed by atoms with E-state index in [0.29, 0.717) is 12.4 Å². The minimum atomic E-state index is 0.464. The molecule has 1 saturated carbocycles. The van der Waals surface area contributed by atoms with Crippen LogP contribution >= 0.6 is 0 Å². The van der Waals surface area contributed by atoms with E-state index in [4.69, 9.17) is 16.2 Å². The van der Waals surface area contributed by atoms with Gasteiger partial charge >= 0.3 is 0 Å². The maximum Gasteiger partial charge on any atom is 0.124 e. The number of benzene rings is 2. The molecular weight excluding hydrogens is 310 g/mol. The van der Waals surface area contributed by atoms with Crippen molar-refractivity contribution >= 4 is 16.7 Å². The Morgan fingerprint density at radius 2 is 1.84 bits per heavy atom. The molecule has 0 aliphatic heterocycles. The minimum Gasteiger partial charge on any atom is -0.493 e. The molecule has 0 bridgehead atoms. The molecule has 1 aromatic heterocycles. The van der Waals surface area contributed by atoms with E-state index in [2.05, 4.69) is 42.2 Å². The molecule has 2 aromatic carbocycles. The number of pyridine rings is 1. The number of fused-ring (bicyclic) bond motifs is 1. The minimum absolute atomic E-state index is 0.464. The molecule has 0 amide bonds. The predicted octanol–water partition coefficient (Wildman–Crippen LogP) is 4.04. The van der Waals surface area contributed by atoms with Crippen LogP contribution in [0.1, 0.15) is 24.0 Å². The summed E-state index contributed by atoms with van der Waals surface area (Å²) in [5.41, 5.74) is 17.1. The van der Waals surface area contributed by atoms with Gasteiger partial charge in [-0.3, -0.25) is 0 Å². The average Bonchev–Trinajstić information content (AvgIpc) is 3.43. The van der Waals surface area contributed by atoms with Crippen LogP contribution < -0.4 is 16.2 Å². The van der Waals surface area contributed by atoms with Crippen LogP contribution in [-0.4, -0.2) is 11.6 Å². The molecule has 1 aliphatic rings. The molecule has 25 heavy (non-hydrogen) atoms. The summed E-state index contributed by atoms with van der Waals surface area (Å²) in [6.07, 6.45) is 2.56. The lowest BCUT2D eigenvalue weighted by Crippen LogP contribution is -2.05. The van der Waals surface area contributed by atoms with Crippen LogP contribution in [0.15, 0.2) is 42.5 Å². The first-order chi connectivity index (χ1) is 12.1. The molecule has 1 aliphatic carbocycles. The molecule has 3 aromatic rings. The summed E-state index contributed by atoms with van der Waals surface area (Å²) in [4.78, 5) is 4.47. The van der Waals surface area contributed by atoms with Crippen LogP contribution in [0.25, 0.3) is 22.0 Å². The Morgan fingerprint density at radius 3 is 2.60 bits per heavy atom. The SMILES string of the molecule is Cc1cc(N)nc2cc(-c3ccc(OCC4CC4)c(CN)c3)ccc12. The van der Waals surface area contributed by atoms with E-state index >= 15 is 0 Å². The van der Waals surface area contributed by atoms with Crippen molar-refractivity contribution in [2.75, 3.05) is 12.3 Å². The summed E-state index contributed by atoms with van der Waals surface area (Å²) in [6.45, 7) is 3.31. The zero-order chi connectivity index (χ0) is 17.4. The summed E-state index contributed by atoms with van der Waals surface area (Å²) in [6, 6.07) is 14.4. The van der Waals surface area contributed by atoms with Crippen LogP contribution in [-0.2, 0) is 6.54 Å². The Balaban J connectivity index is 1.69. The fourth-order valence-corrected chi connectivity index (χ4v) is 3.16. The van der Waals surface area contributed by atoms with Gasteiger partial charge in [0.2, 0.25) is 0 Å². The number of hydrogen-bond donors (Lipinski definition) is 2. The number of hydrogen-bond acceptors (Lipinski definition) is 4. The third-order valence-corrected chi connectivity index (χ3v) is 4.82. The van der Waals surface area contributed by atoms with E-state index in [9.17, 15) is 0 Å². The van der Waals surface area contributed by atoms with Crippen LogP contribution in [0.5, 0.6) is 5.75 Å². The number of nitrogen functional groups attached to an aromatic ring is 1. The summed E-state index contributed by atoms with van der Waals surface area (Å²) in [5.74, 6) is 2.18. The van der Waals surface area contributed by atoms with Crippen molar-refractivity contribution in [1.29, 1.82) is 0 Å². The fraction of sp³-hybridized carbons (Fsp3) is 0.286. The van der Waals surface area contributed by atoms with Gasteiger partial charge in [-0.25, -0.2) is 4.98 Å². The molecule has 0 radical (unpaired) electrons. The van der Waals surface area contributed by atoms with Crippen molar-refractivity contribution in [2.45, 2.75) is 26.3 Å². The number of ether oxygens (including phenoxy) is 1. The van der Waals surface area contributed by atoms with Crippen molar-refractivity contribution in [2.24, 2.45) is 11.7 Å². The standard InChI is InChI=1S/C21H23N3O/c1-13-8-21(23)24-19-10-16(4-6-18(13)19)15-5-7-20(17(9-15)11-22)25-12-14-2-3-14/h4-10,14H,2-3,11-12,22H2,1H3,(H2,23,24). The van der Waals surface area contributed by atoms with Gasteiger partial charge in [-0.05, 0) is 66.6 Å². The number of rotatable bonds is 5. The Morgan fingerprint density at radius 1 is 1.08 bits per heavy atom. The van der Waals surface area contributed by atoms with Gasteiger partial charge in [0.05, 0.1) is 12.1 Å². The van der Waals surface area contributed by atoms with Crippen LogP contribution in [0.4, 0.5) is 5.82 Å². The van der Waals surface area contributed by atoms with E-state index in [0.717, 1.165) is 51.4 Å². The molecule has 1 fully saturated rings. The molecule has 4 heteroatoms. The van der Waals surface area contributed by atoms with E-state index < -0.39 is 0 Å². The van der Waals surface area contributed by atoms with E-state index in [1.54, 1.807) is 0 Å². The van der Waals surface area contributed by atoms with Gasteiger partial charge in [0, 0.05) is 17.5 Å². The summed E-state index contributed by atoms with van der Waals surface area (Å²) >= 11 is 0. The molecule has 4 nitrogen and oxygen atoms in total. The monoisotopic (exact) mass is 333 g/mol.